The van der Waals surface area contributed by atoms with Crippen molar-refractivity contribution in [2.24, 2.45) is 11.8 Å². The van der Waals surface area contributed by atoms with Crippen molar-refractivity contribution in [3.05, 3.63) is 11.6 Å². The number of rotatable bonds is 0. The molecule has 3 rings (SSSR count). The van der Waals surface area contributed by atoms with Gasteiger partial charge in [0, 0.05) is 11.8 Å². The smallest absolute Gasteiger partial charge is 0.231 e. The second-order valence-corrected chi connectivity index (χ2v) is 5.60. The van der Waals surface area contributed by atoms with E-state index in [0.717, 1.165) is 19.3 Å². The topological polar surface area (TPSA) is 55.8 Å². The molecular weight excluding hydrogens is 208 g/mol. The Labute approximate surface area is 94.2 Å². The highest BCUT2D eigenvalue weighted by molar-refractivity contribution is 6.00. The summed E-state index contributed by atoms with van der Waals surface area (Å²) in [6.07, 6.45) is 4.11. The van der Waals surface area contributed by atoms with Crippen LogP contribution in [0.3, 0.4) is 0 Å². The fourth-order valence-corrected chi connectivity index (χ4v) is 3.02. The molecule has 3 aliphatic rings. The summed E-state index contributed by atoms with van der Waals surface area (Å²) < 4.78 is 0. The van der Waals surface area contributed by atoms with Gasteiger partial charge in [0.25, 0.3) is 0 Å². The Morgan fingerprint density at radius 2 is 2.12 bits per heavy atom. The number of carbonyl (C=O) groups excluding carboxylic acids is 1. The van der Waals surface area contributed by atoms with E-state index in [0.29, 0.717) is 5.57 Å². The van der Waals surface area contributed by atoms with Gasteiger partial charge < -0.3 is 5.11 Å². The van der Waals surface area contributed by atoms with Gasteiger partial charge in [-0.25, -0.2) is 4.89 Å². The molecule has 2 aliphatic carbocycles. The first kappa shape index (κ1) is 10.4. The van der Waals surface area contributed by atoms with Crippen molar-refractivity contribution in [1.29, 1.82) is 0 Å². The molecule has 0 amide bonds. The van der Waals surface area contributed by atoms with Crippen molar-refractivity contribution in [3.63, 3.8) is 0 Å². The number of fused-ring (bicyclic) bond motifs is 4. The fraction of sp³-hybridized carbons (Fsp3) is 0.750. The minimum Gasteiger partial charge on any atom is -0.359 e. The van der Waals surface area contributed by atoms with Crippen molar-refractivity contribution in [3.8, 4) is 0 Å². The van der Waals surface area contributed by atoms with Gasteiger partial charge in [0.15, 0.2) is 5.78 Å². The average molecular weight is 224 g/mol. The van der Waals surface area contributed by atoms with Crippen molar-refractivity contribution in [2.45, 2.75) is 44.5 Å². The van der Waals surface area contributed by atoms with Crippen LogP contribution in [0.5, 0.6) is 0 Å². The van der Waals surface area contributed by atoms with Crippen LogP contribution in [0.2, 0.25) is 0 Å². The lowest BCUT2D eigenvalue weighted by Crippen LogP contribution is -2.53. The third-order valence-corrected chi connectivity index (χ3v) is 3.88. The first-order valence-corrected chi connectivity index (χ1v) is 5.79. The van der Waals surface area contributed by atoms with Crippen LogP contribution in [0.1, 0.15) is 33.1 Å². The summed E-state index contributed by atoms with van der Waals surface area (Å²) in [5.74, 6) is -1.39. The largest absolute Gasteiger partial charge is 0.359 e. The Bertz CT molecular complexity index is 384. The SMILES string of the molecule is CC1(C)C=C2C(=O)[C@H]3CC[C@H](C3)[C@@]2(O)OO1. The zero-order chi connectivity index (χ0) is 11.6. The van der Waals surface area contributed by atoms with Crippen LogP contribution >= 0.6 is 0 Å². The molecular formula is C12H16O4. The van der Waals surface area contributed by atoms with Crippen molar-refractivity contribution in [2.75, 3.05) is 0 Å². The Kier molecular flexibility index (Phi) is 1.92. The number of aliphatic hydroxyl groups is 1. The van der Waals surface area contributed by atoms with Crippen LogP contribution in [0.25, 0.3) is 0 Å². The standard InChI is InChI=1S/C12H16O4/c1-11(2)6-9-10(13)7-3-4-8(5-7)12(9,14)16-15-11/h6-8,14H,3-5H2,1-2H3/t7-,8+,12+/m0/s1. The molecule has 0 saturated heterocycles. The Hall–Kier alpha value is -0.710. The van der Waals surface area contributed by atoms with Crippen LogP contribution in [-0.4, -0.2) is 22.3 Å². The highest BCUT2D eigenvalue weighted by Crippen LogP contribution is 2.51. The molecule has 0 spiro atoms. The lowest BCUT2D eigenvalue weighted by Gasteiger charge is -2.43. The number of hydrogen-bond acceptors (Lipinski definition) is 4. The van der Waals surface area contributed by atoms with E-state index in [1.807, 2.05) is 13.8 Å². The molecule has 0 unspecified atom stereocenters. The van der Waals surface area contributed by atoms with Gasteiger partial charge in [-0.05, 0) is 39.2 Å². The molecule has 1 N–H and O–H groups in total. The summed E-state index contributed by atoms with van der Waals surface area (Å²) in [5, 5.41) is 10.4. The average Bonchev–Trinajstić information content (AvgIpc) is 2.66. The predicted octanol–water partition coefficient (Wildman–Crippen LogP) is 1.34. The second-order valence-electron chi connectivity index (χ2n) is 5.60. The van der Waals surface area contributed by atoms with Gasteiger partial charge >= 0.3 is 0 Å². The molecule has 2 saturated carbocycles. The predicted molar refractivity (Wildman–Crippen MR) is 55.1 cm³/mol. The quantitative estimate of drug-likeness (QED) is 0.631. The summed E-state index contributed by atoms with van der Waals surface area (Å²) >= 11 is 0. The molecule has 0 aromatic heterocycles. The maximum atomic E-state index is 12.1. The van der Waals surface area contributed by atoms with E-state index in [4.69, 9.17) is 9.78 Å². The molecule has 4 heteroatoms. The summed E-state index contributed by atoms with van der Waals surface area (Å²) in [4.78, 5) is 22.5. The van der Waals surface area contributed by atoms with E-state index >= 15 is 0 Å². The van der Waals surface area contributed by atoms with Crippen molar-refractivity contribution < 1.29 is 19.7 Å². The molecule has 0 aromatic rings. The first-order valence-electron chi connectivity index (χ1n) is 5.79. The molecule has 3 atom stereocenters. The lowest BCUT2D eigenvalue weighted by molar-refractivity contribution is -0.455. The summed E-state index contributed by atoms with van der Waals surface area (Å²) in [6.45, 7) is 3.62. The number of hydrogen-bond donors (Lipinski definition) is 1. The summed E-state index contributed by atoms with van der Waals surface area (Å²) in [5.41, 5.74) is -0.240. The lowest BCUT2D eigenvalue weighted by atomic mass is 9.77. The number of carbonyl (C=O) groups is 1. The van der Waals surface area contributed by atoms with E-state index in [-0.39, 0.29) is 17.6 Å². The van der Waals surface area contributed by atoms with Crippen molar-refractivity contribution >= 4 is 5.78 Å². The zero-order valence-corrected chi connectivity index (χ0v) is 9.53. The van der Waals surface area contributed by atoms with Crippen LogP contribution in [0.4, 0.5) is 0 Å². The molecule has 2 fully saturated rings. The van der Waals surface area contributed by atoms with Gasteiger partial charge in [-0.3, -0.25) is 4.79 Å². The Morgan fingerprint density at radius 3 is 2.88 bits per heavy atom. The molecule has 1 heterocycles. The molecule has 2 bridgehead atoms. The highest BCUT2D eigenvalue weighted by atomic mass is 17.2. The third kappa shape index (κ3) is 1.24. The number of ketones is 1. The van der Waals surface area contributed by atoms with E-state index in [9.17, 15) is 9.90 Å². The van der Waals surface area contributed by atoms with Gasteiger partial charge in [-0.1, -0.05) is 0 Å². The fourth-order valence-electron chi connectivity index (χ4n) is 3.02. The van der Waals surface area contributed by atoms with Crippen molar-refractivity contribution in [1.82, 2.24) is 0 Å². The zero-order valence-electron chi connectivity index (χ0n) is 9.53. The molecule has 88 valence electrons. The first-order chi connectivity index (χ1) is 7.42. The minimum atomic E-state index is -1.50. The second kappa shape index (κ2) is 2.94. The summed E-state index contributed by atoms with van der Waals surface area (Å²) in [6, 6.07) is 0. The monoisotopic (exact) mass is 224 g/mol. The van der Waals surface area contributed by atoms with Gasteiger partial charge in [0.2, 0.25) is 5.79 Å². The van der Waals surface area contributed by atoms with Crippen LogP contribution < -0.4 is 0 Å². The maximum absolute atomic E-state index is 12.1. The molecule has 1 aliphatic heterocycles. The van der Waals surface area contributed by atoms with E-state index in [1.165, 1.54) is 0 Å². The highest BCUT2D eigenvalue weighted by Gasteiger charge is 2.58. The van der Waals surface area contributed by atoms with Gasteiger partial charge in [-0.15, -0.1) is 0 Å². The third-order valence-electron chi connectivity index (χ3n) is 3.88. The maximum Gasteiger partial charge on any atom is 0.231 e. The Morgan fingerprint density at radius 1 is 1.38 bits per heavy atom. The van der Waals surface area contributed by atoms with Gasteiger partial charge in [0.05, 0.1) is 5.57 Å². The van der Waals surface area contributed by atoms with Crippen LogP contribution in [0, 0.1) is 11.8 Å². The van der Waals surface area contributed by atoms with E-state index in [2.05, 4.69) is 0 Å². The molecule has 4 nitrogen and oxygen atoms in total. The van der Waals surface area contributed by atoms with E-state index in [1.54, 1.807) is 6.08 Å². The normalized spacial score (nSPS) is 45.2. The molecule has 16 heavy (non-hydrogen) atoms. The summed E-state index contributed by atoms with van der Waals surface area (Å²) in [7, 11) is 0. The van der Waals surface area contributed by atoms with Gasteiger partial charge in [-0.2, -0.15) is 4.89 Å². The van der Waals surface area contributed by atoms with E-state index < -0.39 is 11.4 Å². The minimum absolute atomic E-state index is 0.00227. The Balaban J connectivity index is 2.10. The van der Waals surface area contributed by atoms with Crippen LogP contribution in [0.15, 0.2) is 11.6 Å². The molecule has 0 radical (unpaired) electrons. The van der Waals surface area contributed by atoms with Gasteiger partial charge in [0.1, 0.15) is 5.60 Å². The van der Waals surface area contributed by atoms with Crippen LogP contribution in [-0.2, 0) is 14.6 Å². The number of Topliss-reactive ketones (excluding diaryl/α,β-unsaturated/α-hetero) is 1. The molecule has 0 aromatic carbocycles.